The lowest BCUT2D eigenvalue weighted by Crippen LogP contribution is -2.45. The second-order valence-corrected chi connectivity index (χ2v) is 7.56. The predicted octanol–water partition coefficient (Wildman–Crippen LogP) is 3.09. The van der Waals surface area contributed by atoms with Gasteiger partial charge in [0.15, 0.2) is 11.5 Å². The van der Waals surface area contributed by atoms with Crippen LogP contribution in [0.25, 0.3) is 11.5 Å². The van der Waals surface area contributed by atoms with E-state index in [1.165, 1.54) is 5.56 Å². The summed E-state index contributed by atoms with van der Waals surface area (Å²) in [5, 5.41) is 8.49. The van der Waals surface area contributed by atoms with Crippen LogP contribution in [0.15, 0.2) is 46.9 Å². The third-order valence-corrected chi connectivity index (χ3v) is 5.51. The number of hydrogen-bond acceptors (Lipinski definition) is 7. The number of aromatic nitrogens is 2. The van der Waals surface area contributed by atoms with E-state index < -0.39 is 0 Å². The van der Waals surface area contributed by atoms with E-state index in [1.54, 1.807) is 0 Å². The molecule has 0 amide bonds. The Morgan fingerprint density at radius 1 is 0.862 bits per heavy atom. The van der Waals surface area contributed by atoms with E-state index in [0.717, 1.165) is 55.3 Å². The van der Waals surface area contributed by atoms with Gasteiger partial charge in [-0.2, -0.15) is 0 Å². The summed E-state index contributed by atoms with van der Waals surface area (Å²) in [7, 11) is 0. The van der Waals surface area contributed by atoms with Crippen molar-refractivity contribution < 1.29 is 13.9 Å². The van der Waals surface area contributed by atoms with Crippen LogP contribution in [0.3, 0.4) is 0 Å². The Morgan fingerprint density at radius 2 is 1.62 bits per heavy atom. The van der Waals surface area contributed by atoms with Crippen LogP contribution in [-0.2, 0) is 13.1 Å². The Kier molecular flexibility index (Phi) is 4.91. The standard InChI is InChI=1S/C22H24N4O3/c1-16-4-2-3-5-18(16)22-24-23-21(29-22)14-26-10-8-25(9-11-26)13-17-6-7-19-20(12-17)28-15-27-19/h2-7,12H,8-11,13-15H2,1H3. The van der Waals surface area contributed by atoms with Crippen LogP contribution < -0.4 is 9.47 Å². The zero-order chi connectivity index (χ0) is 19.6. The molecule has 0 saturated carbocycles. The second-order valence-electron chi connectivity index (χ2n) is 7.56. The predicted molar refractivity (Wildman–Crippen MR) is 108 cm³/mol. The molecule has 0 N–H and O–H groups in total. The minimum Gasteiger partial charge on any atom is -0.454 e. The number of hydrogen-bond donors (Lipinski definition) is 0. The van der Waals surface area contributed by atoms with Crippen LogP contribution in [0.5, 0.6) is 11.5 Å². The SMILES string of the molecule is Cc1ccccc1-c1nnc(CN2CCN(Cc3ccc4c(c3)OCO4)CC2)o1. The number of aryl methyl sites for hydroxylation is 1. The molecule has 5 rings (SSSR count). The van der Waals surface area contributed by atoms with Gasteiger partial charge in [-0.05, 0) is 36.2 Å². The smallest absolute Gasteiger partial charge is 0.248 e. The summed E-state index contributed by atoms with van der Waals surface area (Å²) in [6, 6.07) is 14.3. The zero-order valence-electron chi connectivity index (χ0n) is 16.5. The van der Waals surface area contributed by atoms with Crippen LogP contribution in [0, 0.1) is 6.92 Å². The van der Waals surface area contributed by atoms with Crippen LogP contribution in [0.1, 0.15) is 17.0 Å². The van der Waals surface area contributed by atoms with Crippen LogP contribution in [0.2, 0.25) is 0 Å². The molecule has 0 bridgehead atoms. The quantitative estimate of drug-likeness (QED) is 0.661. The molecule has 0 atom stereocenters. The van der Waals surface area contributed by atoms with E-state index in [4.69, 9.17) is 13.9 Å². The molecule has 3 heterocycles. The molecule has 0 aliphatic carbocycles. The normalized spacial score (nSPS) is 17.0. The van der Waals surface area contributed by atoms with Gasteiger partial charge in [-0.25, -0.2) is 0 Å². The fourth-order valence-corrected chi connectivity index (χ4v) is 3.83. The van der Waals surface area contributed by atoms with Gasteiger partial charge >= 0.3 is 0 Å². The minimum absolute atomic E-state index is 0.318. The minimum atomic E-state index is 0.318. The molecular formula is C22H24N4O3. The van der Waals surface area contributed by atoms with E-state index in [-0.39, 0.29) is 0 Å². The summed E-state index contributed by atoms with van der Waals surface area (Å²) >= 11 is 0. The fourth-order valence-electron chi connectivity index (χ4n) is 3.83. The van der Waals surface area contributed by atoms with Gasteiger partial charge in [0.1, 0.15) is 0 Å². The highest BCUT2D eigenvalue weighted by Crippen LogP contribution is 2.33. The van der Waals surface area contributed by atoms with Crippen molar-refractivity contribution in [2.75, 3.05) is 33.0 Å². The second kappa shape index (κ2) is 7.85. The first-order chi connectivity index (χ1) is 14.2. The Labute approximate surface area is 169 Å². The molecule has 7 nitrogen and oxygen atoms in total. The van der Waals surface area contributed by atoms with Crippen molar-refractivity contribution in [3.05, 3.63) is 59.5 Å². The number of nitrogens with zero attached hydrogens (tertiary/aromatic N) is 4. The molecule has 3 aromatic rings. The average Bonchev–Trinajstić information content (AvgIpc) is 3.39. The molecule has 1 aromatic heterocycles. The zero-order valence-corrected chi connectivity index (χ0v) is 16.5. The monoisotopic (exact) mass is 392 g/mol. The van der Waals surface area contributed by atoms with Crippen LogP contribution >= 0.6 is 0 Å². The molecule has 7 heteroatoms. The summed E-state index contributed by atoms with van der Waals surface area (Å²) in [5.41, 5.74) is 3.39. The molecule has 2 aliphatic heterocycles. The molecular weight excluding hydrogens is 368 g/mol. The number of rotatable bonds is 5. The summed E-state index contributed by atoms with van der Waals surface area (Å²) in [5.74, 6) is 2.96. The lowest BCUT2D eigenvalue weighted by atomic mass is 10.1. The highest BCUT2D eigenvalue weighted by Gasteiger charge is 2.21. The maximum Gasteiger partial charge on any atom is 0.248 e. The first kappa shape index (κ1) is 18.1. The van der Waals surface area contributed by atoms with E-state index >= 15 is 0 Å². The fraction of sp³-hybridized carbons (Fsp3) is 0.364. The first-order valence-corrected chi connectivity index (χ1v) is 9.96. The van der Waals surface area contributed by atoms with Crippen molar-refractivity contribution in [3.63, 3.8) is 0 Å². The van der Waals surface area contributed by atoms with E-state index in [2.05, 4.69) is 45.1 Å². The maximum atomic E-state index is 5.92. The molecule has 2 aromatic carbocycles. The summed E-state index contributed by atoms with van der Waals surface area (Å²) in [6.45, 7) is 7.95. The van der Waals surface area contributed by atoms with E-state index in [9.17, 15) is 0 Å². The molecule has 1 fully saturated rings. The maximum absolute atomic E-state index is 5.92. The van der Waals surface area contributed by atoms with Crippen molar-refractivity contribution in [1.82, 2.24) is 20.0 Å². The van der Waals surface area contributed by atoms with Gasteiger partial charge in [0.2, 0.25) is 18.6 Å². The average molecular weight is 392 g/mol. The Morgan fingerprint density at radius 3 is 2.45 bits per heavy atom. The summed E-state index contributed by atoms with van der Waals surface area (Å²) in [4.78, 5) is 4.83. The van der Waals surface area contributed by atoms with E-state index in [0.29, 0.717) is 25.1 Å². The lowest BCUT2D eigenvalue weighted by molar-refractivity contribution is 0.114. The van der Waals surface area contributed by atoms with Crippen molar-refractivity contribution in [2.24, 2.45) is 0 Å². The molecule has 0 unspecified atom stereocenters. The van der Waals surface area contributed by atoms with Crippen molar-refractivity contribution in [2.45, 2.75) is 20.0 Å². The number of fused-ring (bicyclic) bond motifs is 1. The summed E-state index contributed by atoms with van der Waals surface area (Å²) < 4.78 is 16.8. The van der Waals surface area contributed by atoms with Gasteiger partial charge < -0.3 is 13.9 Å². The molecule has 150 valence electrons. The molecule has 29 heavy (non-hydrogen) atoms. The highest BCUT2D eigenvalue weighted by molar-refractivity contribution is 5.57. The van der Waals surface area contributed by atoms with Gasteiger partial charge in [0, 0.05) is 38.3 Å². The Balaban J connectivity index is 1.15. The molecule has 1 saturated heterocycles. The number of ether oxygens (including phenoxy) is 2. The van der Waals surface area contributed by atoms with Gasteiger partial charge in [-0.1, -0.05) is 24.3 Å². The lowest BCUT2D eigenvalue weighted by Gasteiger charge is -2.33. The van der Waals surface area contributed by atoms with Crippen molar-refractivity contribution in [1.29, 1.82) is 0 Å². The van der Waals surface area contributed by atoms with Gasteiger partial charge in [-0.15, -0.1) is 10.2 Å². The number of piperazine rings is 1. The Bertz CT molecular complexity index is 995. The molecule has 2 aliphatic rings. The van der Waals surface area contributed by atoms with Crippen LogP contribution in [-0.4, -0.2) is 53.0 Å². The number of benzene rings is 2. The highest BCUT2D eigenvalue weighted by atomic mass is 16.7. The van der Waals surface area contributed by atoms with Crippen molar-refractivity contribution in [3.8, 4) is 23.0 Å². The summed E-state index contributed by atoms with van der Waals surface area (Å²) in [6.07, 6.45) is 0. The molecule has 0 radical (unpaired) electrons. The van der Waals surface area contributed by atoms with Crippen LogP contribution in [0.4, 0.5) is 0 Å². The van der Waals surface area contributed by atoms with Gasteiger partial charge in [-0.3, -0.25) is 9.80 Å². The Hall–Kier alpha value is -2.90. The molecule has 0 spiro atoms. The first-order valence-electron chi connectivity index (χ1n) is 9.96. The van der Waals surface area contributed by atoms with E-state index in [1.807, 2.05) is 24.3 Å². The van der Waals surface area contributed by atoms with Crippen molar-refractivity contribution >= 4 is 0 Å². The third kappa shape index (κ3) is 3.97. The largest absolute Gasteiger partial charge is 0.454 e. The van der Waals surface area contributed by atoms with Gasteiger partial charge in [0.05, 0.1) is 6.54 Å². The topological polar surface area (TPSA) is 63.9 Å². The van der Waals surface area contributed by atoms with Gasteiger partial charge in [0.25, 0.3) is 0 Å². The third-order valence-electron chi connectivity index (χ3n) is 5.51.